The van der Waals surface area contributed by atoms with Crippen molar-refractivity contribution in [2.75, 3.05) is 13.1 Å². The number of nitrogens with one attached hydrogen (secondary N) is 1. The van der Waals surface area contributed by atoms with Gasteiger partial charge in [0, 0.05) is 25.2 Å². The van der Waals surface area contributed by atoms with Crippen LogP contribution in [-0.2, 0) is 9.47 Å². The van der Waals surface area contributed by atoms with Gasteiger partial charge in [0.1, 0.15) is 5.60 Å². The fourth-order valence-electron chi connectivity index (χ4n) is 3.67. The number of hydrogen-bond acceptors (Lipinski definition) is 4. The first kappa shape index (κ1) is 15.1. The van der Waals surface area contributed by atoms with Gasteiger partial charge in [0.15, 0.2) is 0 Å². The molecule has 3 aliphatic rings. The van der Waals surface area contributed by atoms with Crippen molar-refractivity contribution < 1.29 is 14.3 Å². The van der Waals surface area contributed by atoms with Crippen molar-refractivity contribution in [1.82, 2.24) is 10.2 Å². The van der Waals surface area contributed by atoms with Gasteiger partial charge < -0.3 is 19.7 Å². The van der Waals surface area contributed by atoms with Crippen LogP contribution in [0.5, 0.6) is 0 Å². The van der Waals surface area contributed by atoms with E-state index in [9.17, 15) is 4.79 Å². The van der Waals surface area contributed by atoms with Crippen LogP contribution in [-0.4, -0.2) is 54.0 Å². The van der Waals surface area contributed by atoms with Crippen molar-refractivity contribution in [3.05, 3.63) is 0 Å². The van der Waals surface area contributed by atoms with E-state index in [0.717, 1.165) is 32.4 Å². The number of nitrogens with zero attached hydrogens (tertiary/aromatic N) is 1. The van der Waals surface area contributed by atoms with Crippen LogP contribution in [0.4, 0.5) is 4.79 Å². The molecular formula is C16H28N2O3. The highest BCUT2D eigenvalue weighted by Crippen LogP contribution is 2.35. The third-order valence-electron chi connectivity index (χ3n) is 4.70. The Balaban J connectivity index is 1.42. The largest absolute Gasteiger partial charge is 0.444 e. The highest BCUT2D eigenvalue weighted by molar-refractivity contribution is 5.68. The first-order chi connectivity index (χ1) is 9.90. The highest BCUT2D eigenvalue weighted by atomic mass is 16.6. The maximum Gasteiger partial charge on any atom is 0.410 e. The van der Waals surface area contributed by atoms with E-state index in [-0.39, 0.29) is 6.09 Å². The maximum absolute atomic E-state index is 12.0. The fraction of sp³-hybridized carbons (Fsp3) is 0.938. The molecule has 1 N–H and O–H groups in total. The van der Waals surface area contributed by atoms with E-state index in [1.54, 1.807) is 0 Å². The molecule has 5 nitrogen and oxygen atoms in total. The molecule has 120 valence electrons. The van der Waals surface area contributed by atoms with Crippen LogP contribution in [0.1, 0.15) is 52.9 Å². The minimum absolute atomic E-state index is 0.177. The molecule has 0 radical (unpaired) electrons. The smallest absolute Gasteiger partial charge is 0.410 e. The molecule has 3 unspecified atom stereocenters. The number of ether oxygens (including phenoxy) is 2. The lowest BCUT2D eigenvalue weighted by Crippen LogP contribution is -2.50. The minimum Gasteiger partial charge on any atom is -0.444 e. The number of amides is 1. The third kappa shape index (κ3) is 3.69. The Kier molecular flexibility index (Phi) is 4.14. The minimum atomic E-state index is -0.410. The standard InChI is InChI=1S/C16H28N2O3/c1-16(2,3)21-15(19)18-8-6-11(7-9-18)17-13-10-12-4-5-14(13)20-12/h11-14,17H,4-10H2,1-3H3. The van der Waals surface area contributed by atoms with E-state index >= 15 is 0 Å². The summed E-state index contributed by atoms with van der Waals surface area (Å²) < 4.78 is 11.3. The number of fused-ring (bicyclic) bond motifs is 2. The van der Waals surface area contributed by atoms with Crippen LogP contribution in [0.25, 0.3) is 0 Å². The van der Waals surface area contributed by atoms with Gasteiger partial charge >= 0.3 is 6.09 Å². The lowest BCUT2D eigenvalue weighted by molar-refractivity contribution is 0.0191. The van der Waals surface area contributed by atoms with E-state index in [4.69, 9.17) is 9.47 Å². The molecule has 0 saturated carbocycles. The molecule has 3 rings (SSSR count). The molecule has 21 heavy (non-hydrogen) atoms. The second-order valence-corrected chi connectivity index (χ2v) is 7.62. The van der Waals surface area contributed by atoms with Crippen molar-refractivity contribution in [2.24, 2.45) is 0 Å². The second kappa shape index (κ2) is 5.76. The van der Waals surface area contributed by atoms with Crippen LogP contribution in [0.2, 0.25) is 0 Å². The Bertz CT molecular complexity index is 385. The van der Waals surface area contributed by atoms with Gasteiger partial charge in [-0.15, -0.1) is 0 Å². The van der Waals surface area contributed by atoms with Crippen molar-refractivity contribution >= 4 is 6.09 Å². The summed E-state index contributed by atoms with van der Waals surface area (Å²) in [6.07, 6.45) is 6.37. The maximum atomic E-state index is 12.0. The van der Waals surface area contributed by atoms with E-state index in [1.165, 1.54) is 12.8 Å². The Morgan fingerprint density at radius 3 is 2.43 bits per heavy atom. The summed E-state index contributed by atoms with van der Waals surface area (Å²) in [6.45, 7) is 7.31. The predicted molar refractivity (Wildman–Crippen MR) is 80.3 cm³/mol. The van der Waals surface area contributed by atoms with Gasteiger partial charge in [-0.1, -0.05) is 0 Å². The molecule has 3 aliphatic heterocycles. The molecule has 2 bridgehead atoms. The van der Waals surface area contributed by atoms with Gasteiger partial charge in [0.05, 0.1) is 12.2 Å². The lowest BCUT2D eigenvalue weighted by atomic mass is 9.93. The van der Waals surface area contributed by atoms with E-state index in [0.29, 0.717) is 24.3 Å². The van der Waals surface area contributed by atoms with E-state index in [2.05, 4.69) is 5.32 Å². The van der Waals surface area contributed by atoms with Gasteiger partial charge in [-0.2, -0.15) is 0 Å². The lowest BCUT2D eigenvalue weighted by Gasteiger charge is -2.35. The molecule has 3 saturated heterocycles. The number of rotatable bonds is 2. The zero-order valence-electron chi connectivity index (χ0n) is 13.4. The van der Waals surface area contributed by atoms with E-state index in [1.807, 2.05) is 25.7 Å². The number of hydrogen-bond donors (Lipinski definition) is 1. The molecular weight excluding hydrogens is 268 g/mol. The summed E-state index contributed by atoms with van der Waals surface area (Å²) in [4.78, 5) is 13.9. The van der Waals surface area contributed by atoms with Gasteiger partial charge in [-0.3, -0.25) is 0 Å². The Labute approximate surface area is 127 Å². The predicted octanol–water partition coefficient (Wildman–Crippen LogP) is 2.30. The molecule has 1 amide bonds. The summed E-state index contributed by atoms with van der Waals surface area (Å²) in [5.74, 6) is 0. The van der Waals surface area contributed by atoms with Gasteiger partial charge in [0.25, 0.3) is 0 Å². The van der Waals surface area contributed by atoms with Crippen LogP contribution >= 0.6 is 0 Å². The Morgan fingerprint density at radius 1 is 1.19 bits per heavy atom. The number of carbonyl (C=O) groups excluding carboxylic acids is 1. The van der Waals surface area contributed by atoms with Crippen molar-refractivity contribution in [3.8, 4) is 0 Å². The van der Waals surface area contributed by atoms with Crippen LogP contribution in [0, 0.1) is 0 Å². The van der Waals surface area contributed by atoms with Gasteiger partial charge in [0.2, 0.25) is 0 Å². The number of carbonyl (C=O) groups is 1. The summed E-state index contributed by atoms with van der Waals surface area (Å²) in [5, 5.41) is 3.75. The molecule has 5 heteroatoms. The summed E-state index contributed by atoms with van der Waals surface area (Å²) in [6, 6.07) is 1.04. The molecule has 3 fully saturated rings. The van der Waals surface area contributed by atoms with Crippen molar-refractivity contribution in [1.29, 1.82) is 0 Å². The molecule has 0 aromatic carbocycles. The molecule has 0 aromatic heterocycles. The highest BCUT2D eigenvalue weighted by Gasteiger charge is 2.41. The first-order valence-electron chi connectivity index (χ1n) is 8.30. The normalized spacial score (nSPS) is 33.5. The SMILES string of the molecule is CC(C)(C)OC(=O)N1CCC(NC2CC3CCC2O3)CC1. The van der Waals surface area contributed by atoms with Crippen LogP contribution in [0.3, 0.4) is 0 Å². The van der Waals surface area contributed by atoms with E-state index < -0.39 is 5.60 Å². The first-order valence-corrected chi connectivity index (χ1v) is 8.30. The summed E-state index contributed by atoms with van der Waals surface area (Å²) in [7, 11) is 0. The molecule has 3 heterocycles. The van der Waals surface area contributed by atoms with Crippen LogP contribution < -0.4 is 5.32 Å². The average Bonchev–Trinajstić information content (AvgIpc) is 3.00. The van der Waals surface area contributed by atoms with Crippen molar-refractivity contribution in [3.63, 3.8) is 0 Å². The quantitative estimate of drug-likeness (QED) is 0.849. The zero-order chi connectivity index (χ0) is 15.0. The Morgan fingerprint density at radius 2 is 1.90 bits per heavy atom. The molecule has 0 spiro atoms. The number of likely N-dealkylation sites (tertiary alicyclic amines) is 1. The van der Waals surface area contributed by atoms with Gasteiger partial charge in [-0.25, -0.2) is 4.79 Å². The molecule has 3 atom stereocenters. The summed E-state index contributed by atoms with van der Waals surface area (Å²) >= 11 is 0. The Hall–Kier alpha value is -0.810. The molecule has 0 aromatic rings. The fourth-order valence-corrected chi connectivity index (χ4v) is 3.67. The second-order valence-electron chi connectivity index (χ2n) is 7.62. The monoisotopic (exact) mass is 296 g/mol. The van der Waals surface area contributed by atoms with Crippen molar-refractivity contribution in [2.45, 2.75) is 82.8 Å². The molecule has 0 aliphatic carbocycles. The topological polar surface area (TPSA) is 50.8 Å². The van der Waals surface area contributed by atoms with Crippen LogP contribution in [0.15, 0.2) is 0 Å². The zero-order valence-corrected chi connectivity index (χ0v) is 13.4. The average molecular weight is 296 g/mol. The number of piperidine rings is 1. The third-order valence-corrected chi connectivity index (χ3v) is 4.70. The summed E-state index contributed by atoms with van der Waals surface area (Å²) in [5.41, 5.74) is -0.410. The van der Waals surface area contributed by atoms with Gasteiger partial charge in [-0.05, 0) is 52.9 Å².